The van der Waals surface area contributed by atoms with Gasteiger partial charge in [0.05, 0.1) is 31.1 Å². The molecule has 0 atom stereocenters. The Labute approximate surface area is 191 Å². The van der Waals surface area contributed by atoms with Crippen LogP contribution < -0.4 is 20.5 Å². The van der Waals surface area contributed by atoms with Crippen LogP contribution in [0.15, 0.2) is 18.2 Å². The van der Waals surface area contributed by atoms with Crippen molar-refractivity contribution in [2.75, 3.05) is 30.1 Å². The van der Waals surface area contributed by atoms with E-state index >= 15 is 0 Å². The zero-order valence-corrected chi connectivity index (χ0v) is 19.6. The Bertz CT molecular complexity index is 1120. The maximum atomic E-state index is 12.7. The first-order valence-corrected chi connectivity index (χ1v) is 10.7. The molecule has 0 saturated carbocycles. The summed E-state index contributed by atoms with van der Waals surface area (Å²) in [5, 5.41) is 19.5. The molecule has 2 amide bonds. The second kappa shape index (κ2) is 10.0. The number of carbonyl (C=O) groups excluding carboxylic acids is 1. The van der Waals surface area contributed by atoms with Gasteiger partial charge >= 0.3 is 6.03 Å². The predicted molar refractivity (Wildman–Crippen MR) is 124 cm³/mol. The lowest BCUT2D eigenvalue weighted by Crippen LogP contribution is -2.46. The van der Waals surface area contributed by atoms with Gasteiger partial charge in [-0.1, -0.05) is 25.4 Å². The van der Waals surface area contributed by atoms with Gasteiger partial charge in [0.1, 0.15) is 11.0 Å². The number of hydrogen-bond acceptors (Lipinski definition) is 7. The zero-order chi connectivity index (χ0) is 23.4. The molecular formula is C21H28ClN7O3. The summed E-state index contributed by atoms with van der Waals surface area (Å²) in [6.07, 6.45) is 0. The van der Waals surface area contributed by atoms with Crippen molar-refractivity contribution in [3.63, 3.8) is 0 Å². The largest absolute Gasteiger partial charge is 0.478 e. The van der Waals surface area contributed by atoms with Crippen LogP contribution in [0.1, 0.15) is 37.9 Å². The Balaban J connectivity index is 1.89. The molecule has 0 radical (unpaired) electrons. The predicted octanol–water partition coefficient (Wildman–Crippen LogP) is 3.38. The number of pyridine rings is 2. The molecule has 0 spiro atoms. The molecule has 3 aromatic rings. The van der Waals surface area contributed by atoms with E-state index in [0.717, 1.165) is 16.6 Å². The Morgan fingerprint density at radius 3 is 2.72 bits per heavy atom. The van der Waals surface area contributed by atoms with Crippen molar-refractivity contribution in [3.05, 3.63) is 34.6 Å². The number of hydrogen-bond donors (Lipinski definition) is 3. The Morgan fingerprint density at radius 2 is 2.06 bits per heavy atom. The molecule has 0 aliphatic heterocycles. The highest BCUT2D eigenvalue weighted by Crippen LogP contribution is 2.30. The van der Waals surface area contributed by atoms with Gasteiger partial charge in [-0.05, 0) is 37.5 Å². The number of anilines is 2. The van der Waals surface area contributed by atoms with Crippen LogP contribution in [-0.4, -0.2) is 50.6 Å². The average Bonchev–Trinajstić information content (AvgIpc) is 3.00. The molecule has 3 rings (SSSR count). The molecule has 11 heteroatoms. The highest BCUT2D eigenvalue weighted by molar-refractivity contribution is 6.29. The number of aliphatic hydroxyl groups is 1. The van der Waals surface area contributed by atoms with Crippen LogP contribution in [0.5, 0.6) is 5.88 Å². The number of nitrogens with zero attached hydrogens (tertiary/aromatic N) is 5. The van der Waals surface area contributed by atoms with Crippen molar-refractivity contribution in [2.24, 2.45) is 7.05 Å². The number of urea groups is 1. The molecule has 172 valence electrons. The van der Waals surface area contributed by atoms with Crippen molar-refractivity contribution in [2.45, 2.75) is 33.6 Å². The van der Waals surface area contributed by atoms with Crippen LogP contribution in [0.25, 0.3) is 11.0 Å². The third-order valence-corrected chi connectivity index (χ3v) is 4.96. The Morgan fingerprint density at radius 1 is 1.31 bits per heavy atom. The summed E-state index contributed by atoms with van der Waals surface area (Å²) in [5.41, 5.74) is 5.81. The van der Waals surface area contributed by atoms with Gasteiger partial charge in [-0.25, -0.2) is 20.2 Å². The summed E-state index contributed by atoms with van der Waals surface area (Å²) in [6, 6.07) is 4.47. The van der Waals surface area contributed by atoms with Gasteiger partial charge in [0, 0.05) is 18.5 Å². The third-order valence-electron chi connectivity index (χ3n) is 4.77. The number of nitrogens with one attached hydrogen (secondary N) is 2. The number of halogens is 1. The van der Waals surface area contributed by atoms with Crippen LogP contribution in [0.3, 0.4) is 0 Å². The monoisotopic (exact) mass is 461 g/mol. The maximum Gasteiger partial charge on any atom is 0.338 e. The van der Waals surface area contributed by atoms with E-state index in [1.54, 1.807) is 10.7 Å². The molecule has 0 saturated heterocycles. The van der Waals surface area contributed by atoms with Crippen molar-refractivity contribution < 1.29 is 14.6 Å². The number of aromatic nitrogens is 4. The number of hydrazine groups is 1. The minimum atomic E-state index is -0.530. The summed E-state index contributed by atoms with van der Waals surface area (Å²) >= 11 is 6.02. The number of ether oxygens (including phenoxy) is 1. The lowest BCUT2D eigenvalue weighted by Gasteiger charge is -2.25. The number of carbonyl (C=O) groups is 1. The van der Waals surface area contributed by atoms with Crippen LogP contribution >= 0.6 is 11.6 Å². The van der Waals surface area contributed by atoms with Gasteiger partial charge < -0.3 is 15.2 Å². The molecule has 10 nitrogen and oxygen atoms in total. The topological polar surface area (TPSA) is 117 Å². The quantitative estimate of drug-likeness (QED) is 0.347. The van der Waals surface area contributed by atoms with E-state index < -0.39 is 6.03 Å². The van der Waals surface area contributed by atoms with Gasteiger partial charge in [-0.15, -0.1) is 0 Å². The SMILES string of the molecule is CCOc1cc(NC(=O)NN(CCO)c2cc(C(C)C)c3c(C)nn(C)c3n2)cc(Cl)n1. The molecule has 3 aromatic heterocycles. The number of aliphatic hydroxyl groups excluding tert-OH is 1. The summed E-state index contributed by atoms with van der Waals surface area (Å²) < 4.78 is 7.07. The van der Waals surface area contributed by atoms with E-state index in [4.69, 9.17) is 21.3 Å². The highest BCUT2D eigenvalue weighted by Gasteiger charge is 2.20. The molecule has 0 aliphatic carbocycles. The minimum absolute atomic E-state index is 0.140. The summed E-state index contributed by atoms with van der Waals surface area (Å²) in [7, 11) is 1.83. The Kier molecular flexibility index (Phi) is 7.37. The number of fused-ring (bicyclic) bond motifs is 1. The van der Waals surface area contributed by atoms with E-state index in [-0.39, 0.29) is 24.2 Å². The molecule has 32 heavy (non-hydrogen) atoms. The average molecular weight is 462 g/mol. The third kappa shape index (κ3) is 5.20. The normalized spacial score (nSPS) is 11.1. The summed E-state index contributed by atoms with van der Waals surface area (Å²) in [5.74, 6) is 1.02. The standard InChI is InChI=1S/C21H28ClN7O3/c1-6-32-18-10-14(9-16(22)24-18)23-21(31)27-29(7-8-30)17-11-15(12(2)3)19-13(4)26-28(5)20(19)25-17/h9-12,30H,6-8H2,1-5H3,(H2,23,24,27,31). The molecule has 3 heterocycles. The fraction of sp³-hybridized carbons (Fsp3) is 0.429. The van der Waals surface area contributed by atoms with Crippen LogP contribution in [-0.2, 0) is 7.05 Å². The van der Waals surface area contributed by atoms with Crippen LogP contribution in [0.2, 0.25) is 5.15 Å². The zero-order valence-electron chi connectivity index (χ0n) is 18.8. The van der Waals surface area contributed by atoms with E-state index in [0.29, 0.717) is 29.6 Å². The summed E-state index contributed by atoms with van der Waals surface area (Å²) in [6.45, 7) is 8.33. The first-order valence-electron chi connectivity index (χ1n) is 10.3. The molecule has 0 aliphatic rings. The van der Waals surface area contributed by atoms with Crippen LogP contribution in [0, 0.1) is 6.92 Å². The van der Waals surface area contributed by atoms with E-state index in [9.17, 15) is 9.90 Å². The second-order valence-electron chi connectivity index (χ2n) is 7.52. The van der Waals surface area contributed by atoms with E-state index in [1.807, 2.05) is 27.0 Å². The van der Waals surface area contributed by atoms with Crippen molar-refractivity contribution in [1.29, 1.82) is 0 Å². The molecular weight excluding hydrogens is 434 g/mol. The van der Waals surface area contributed by atoms with Gasteiger partial charge in [0.2, 0.25) is 5.88 Å². The number of rotatable bonds is 8. The number of aryl methyl sites for hydroxylation is 2. The molecule has 0 fully saturated rings. The van der Waals surface area contributed by atoms with Crippen molar-refractivity contribution >= 4 is 40.2 Å². The lowest BCUT2D eigenvalue weighted by atomic mass is 10.00. The molecule has 0 aromatic carbocycles. The second-order valence-corrected chi connectivity index (χ2v) is 7.91. The van der Waals surface area contributed by atoms with Gasteiger partial charge in [-0.2, -0.15) is 5.10 Å². The lowest BCUT2D eigenvalue weighted by molar-refractivity contribution is 0.248. The Hall–Kier alpha value is -3.11. The highest BCUT2D eigenvalue weighted by atomic mass is 35.5. The van der Waals surface area contributed by atoms with E-state index in [2.05, 4.69) is 34.7 Å². The molecule has 0 bridgehead atoms. The van der Waals surface area contributed by atoms with Gasteiger partial charge in [0.15, 0.2) is 5.65 Å². The van der Waals surface area contributed by atoms with Gasteiger partial charge in [-0.3, -0.25) is 9.69 Å². The first-order chi connectivity index (χ1) is 15.2. The van der Waals surface area contributed by atoms with Crippen molar-refractivity contribution in [1.82, 2.24) is 25.2 Å². The first kappa shape index (κ1) is 23.6. The van der Waals surface area contributed by atoms with Crippen molar-refractivity contribution in [3.8, 4) is 5.88 Å². The number of amides is 2. The fourth-order valence-corrected chi connectivity index (χ4v) is 3.63. The van der Waals surface area contributed by atoms with E-state index in [1.165, 1.54) is 11.1 Å². The fourth-order valence-electron chi connectivity index (χ4n) is 3.43. The molecule has 3 N–H and O–H groups in total. The maximum absolute atomic E-state index is 12.7. The smallest absolute Gasteiger partial charge is 0.338 e. The minimum Gasteiger partial charge on any atom is -0.478 e. The van der Waals surface area contributed by atoms with Crippen LogP contribution in [0.4, 0.5) is 16.3 Å². The van der Waals surface area contributed by atoms with Gasteiger partial charge in [0.25, 0.3) is 0 Å². The summed E-state index contributed by atoms with van der Waals surface area (Å²) in [4.78, 5) is 21.4. The molecule has 0 unspecified atom stereocenters.